The maximum Gasteiger partial charge on any atom is 0.0343 e. The molecule has 1 saturated heterocycles. The van der Waals surface area contributed by atoms with E-state index in [0.717, 1.165) is 13.1 Å². The first kappa shape index (κ1) is 13.8. The Hall–Kier alpha value is -0.670. The van der Waals surface area contributed by atoms with Crippen LogP contribution in [-0.4, -0.2) is 36.5 Å². The van der Waals surface area contributed by atoms with Crippen LogP contribution in [0.4, 0.5) is 5.69 Å². The van der Waals surface area contributed by atoms with E-state index in [9.17, 15) is 0 Å². The quantitative estimate of drug-likeness (QED) is 0.759. The Kier molecular flexibility index (Phi) is 5.88. The van der Waals surface area contributed by atoms with Crippen LogP contribution >= 0.6 is 11.8 Å². The Balaban J connectivity index is 1.80. The zero-order valence-electron chi connectivity index (χ0n) is 11.3. The van der Waals surface area contributed by atoms with Gasteiger partial charge in [-0.2, -0.15) is 11.8 Å². The summed E-state index contributed by atoms with van der Waals surface area (Å²) in [6.07, 6.45) is 6.13. The Morgan fingerprint density at radius 1 is 1.28 bits per heavy atom. The molecule has 1 N–H and O–H groups in total. The molecule has 0 aromatic heterocycles. The van der Waals surface area contributed by atoms with Gasteiger partial charge in [0, 0.05) is 18.8 Å². The second kappa shape index (κ2) is 7.70. The number of likely N-dealkylation sites (tertiary alicyclic amines) is 1. The summed E-state index contributed by atoms with van der Waals surface area (Å²) in [6, 6.07) is 8.89. The van der Waals surface area contributed by atoms with Crippen molar-refractivity contribution in [3.05, 3.63) is 29.8 Å². The lowest BCUT2D eigenvalue weighted by Crippen LogP contribution is -2.18. The van der Waals surface area contributed by atoms with E-state index >= 15 is 0 Å². The van der Waals surface area contributed by atoms with Crippen LogP contribution in [0, 0.1) is 0 Å². The van der Waals surface area contributed by atoms with Crippen LogP contribution in [-0.2, 0) is 6.54 Å². The fourth-order valence-electron chi connectivity index (χ4n) is 2.43. The summed E-state index contributed by atoms with van der Waals surface area (Å²) in [6.45, 7) is 4.73. The number of rotatable bonds is 7. The van der Waals surface area contributed by atoms with Crippen molar-refractivity contribution in [1.29, 1.82) is 0 Å². The van der Waals surface area contributed by atoms with Gasteiger partial charge in [-0.1, -0.05) is 12.1 Å². The molecule has 0 atom stereocenters. The minimum atomic E-state index is 1.08. The fraction of sp³-hybridized carbons (Fsp3) is 0.600. The minimum absolute atomic E-state index is 1.08. The lowest BCUT2D eigenvalue weighted by molar-refractivity contribution is 0.331. The van der Waals surface area contributed by atoms with Gasteiger partial charge in [0.1, 0.15) is 0 Å². The zero-order chi connectivity index (χ0) is 12.6. The molecule has 3 heteroatoms. The van der Waals surface area contributed by atoms with Crippen LogP contribution in [0.25, 0.3) is 0 Å². The van der Waals surface area contributed by atoms with Gasteiger partial charge in [-0.25, -0.2) is 0 Å². The third-order valence-corrected chi connectivity index (χ3v) is 4.08. The monoisotopic (exact) mass is 264 g/mol. The molecule has 0 unspecified atom stereocenters. The highest BCUT2D eigenvalue weighted by Gasteiger charge is 2.11. The third kappa shape index (κ3) is 4.54. The van der Waals surface area contributed by atoms with Crippen molar-refractivity contribution < 1.29 is 0 Å². The molecule has 0 bridgehead atoms. The maximum atomic E-state index is 3.51. The number of nitrogens with zero attached hydrogens (tertiary/aromatic N) is 1. The standard InChI is InChI=1S/C15H24N2S/c1-18-11-5-8-16-15-7-4-6-14(12-15)13-17-9-2-3-10-17/h4,6-7,12,16H,2-3,5,8-11,13H2,1H3. The van der Waals surface area contributed by atoms with Gasteiger partial charge in [-0.05, 0) is 62.1 Å². The van der Waals surface area contributed by atoms with E-state index in [1.807, 2.05) is 11.8 Å². The molecule has 100 valence electrons. The first-order chi connectivity index (χ1) is 8.88. The van der Waals surface area contributed by atoms with E-state index in [1.54, 1.807) is 0 Å². The Bertz CT molecular complexity index is 348. The first-order valence-electron chi connectivity index (χ1n) is 6.92. The number of benzene rings is 1. The van der Waals surface area contributed by atoms with Crippen LogP contribution in [0.5, 0.6) is 0 Å². The summed E-state index contributed by atoms with van der Waals surface area (Å²) in [5.41, 5.74) is 2.71. The molecular weight excluding hydrogens is 240 g/mol. The Labute approximate surface area is 115 Å². The van der Waals surface area contributed by atoms with Gasteiger partial charge in [0.05, 0.1) is 0 Å². The minimum Gasteiger partial charge on any atom is -0.385 e. The van der Waals surface area contributed by atoms with E-state index in [1.165, 1.54) is 49.4 Å². The lowest BCUT2D eigenvalue weighted by Gasteiger charge is -2.15. The van der Waals surface area contributed by atoms with Crippen molar-refractivity contribution in [2.24, 2.45) is 0 Å². The molecule has 1 aliphatic heterocycles. The Morgan fingerprint density at radius 2 is 2.11 bits per heavy atom. The van der Waals surface area contributed by atoms with Gasteiger partial charge >= 0.3 is 0 Å². The molecule has 2 nitrogen and oxygen atoms in total. The molecule has 1 aliphatic rings. The van der Waals surface area contributed by atoms with Crippen molar-refractivity contribution >= 4 is 17.4 Å². The van der Waals surface area contributed by atoms with E-state index in [4.69, 9.17) is 0 Å². The summed E-state index contributed by atoms with van der Waals surface area (Å²) in [5.74, 6) is 1.24. The molecule has 0 aliphatic carbocycles. The van der Waals surface area contributed by atoms with Gasteiger partial charge in [0.15, 0.2) is 0 Å². The largest absolute Gasteiger partial charge is 0.385 e. The lowest BCUT2D eigenvalue weighted by atomic mass is 10.2. The predicted octanol–water partition coefficient (Wildman–Crippen LogP) is 3.45. The number of anilines is 1. The number of hydrogen-bond acceptors (Lipinski definition) is 3. The van der Waals surface area contributed by atoms with Crippen molar-refractivity contribution in [2.45, 2.75) is 25.8 Å². The molecule has 1 aromatic rings. The Morgan fingerprint density at radius 3 is 2.89 bits per heavy atom. The van der Waals surface area contributed by atoms with Crippen molar-refractivity contribution in [3.8, 4) is 0 Å². The second-order valence-electron chi connectivity index (χ2n) is 4.96. The third-order valence-electron chi connectivity index (χ3n) is 3.39. The highest BCUT2D eigenvalue weighted by molar-refractivity contribution is 7.98. The average Bonchev–Trinajstić information content (AvgIpc) is 2.88. The fourth-order valence-corrected chi connectivity index (χ4v) is 2.86. The number of hydrogen-bond donors (Lipinski definition) is 1. The summed E-state index contributed by atoms with van der Waals surface area (Å²) in [4.78, 5) is 2.55. The molecule has 1 aromatic carbocycles. The van der Waals surface area contributed by atoms with Crippen LogP contribution in [0.15, 0.2) is 24.3 Å². The van der Waals surface area contributed by atoms with Gasteiger partial charge in [-0.15, -0.1) is 0 Å². The topological polar surface area (TPSA) is 15.3 Å². The molecule has 18 heavy (non-hydrogen) atoms. The zero-order valence-corrected chi connectivity index (χ0v) is 12.1. The van der Waals surface area contributed by atoms with Gasteiger partial charge in [0.25, 0.3) is 0 Å². The van der Waals surface area contributed by atoms with E-state index < -0.39 is 0 Å². The normalized spacial score (nSPS) is 16.1. The van der Waals surface area contributed by atoms with Crippen molar-refractivity contribution in [1.82, 2.24) is 4.90 Å². The van der Waals surface area contributed by atoms with Crippen molar-refractivity contribution in [2.75, 3.05) is 37.0 Å². The summed E-state index contributed by atoms with van der Waals surface area (Å²) in [7, 11) is 0. The number of thioether (sulfide) groups is 1. The summed E-state index contributed by atoms with van der Waals surface area (Å²) >= 11 is 1.91. The molecule has 0 amide bonds. The summed E-state index contributed by atoms with van der Waals surface area (Å²) < 4.78 is 0. The molecule has 2 rings (SSSR count). The van der Waals surface area contributed by atoms with Crippen molar-refractivity contribution in [3.63, 3.8) is 0 Å². The second-order valence-corrected chi connectivity index (χ2v) is 5.94. The molecule has 1 heterocycles. The predicted molar refractivity (Wildman–Crippen MR) is 82.4 cm³/mol. The van der Waals surface area contributed by atoms with Gasteiger partial charge < -0.3 is 5.32 Å². The summed E-state index contributed by atoms with van der Waals surface area (Å²) in [5, 5.41) is 3.51. The SMILES string of the molecule is CSCCCNc1cccc(CN2CCCC2)c1. The highest BCUT2D eigenvalue weighted by atomic mass is 32.2. The van der Waals surface area contributed by atoms with Crippen LogP contribution in [0.3, 0.4) is 0 Å². The maximum absolute atomic E-state index is 3.51. The average molecular weight is 264 g/mol. The molecule has 0 spiro atoms. The molecular formula is C15H24N2S. The van der Waals surface area contributed by atoms with Gasteiger partial charge in [-0.3, -0.25) is 4.90 Å². The number of nitrogens with one attached hydrogen (secondary N) is 1. The smallest absolute Gasteiger partial charge is 0.0343 e. The van der Waals surface area contributed by atoms with E-state index in [0.29, 0.717) is 0 Å². The first-order valence-corrected chi connectivity index (χ1v) is 8.32. The highest BCUT2D eigenvalue weighted by Crippen LogP contribution is 2.16. The van der Waals surface area contributed by atoms with E-state index in [-0.39, 0.29) is 0 Å². The van der Waals surface area contributed by atoms with Gasteiger partial charge in [0.2, 0.25) is 0 Å². The molecule has 1 fully saturated rings. The molecule has 0 radical (unpaired) electrons. The van der Waals surface area contributed by atoms with Crippen LogP contribution in [0.1, 0.15) is 24.8 Å². The molecule has 0 saturated carbocycles. The van der Waals surface area contributed by atoms with Crippen LogP contribution < -0.4 is 5.32 Å². The van der Waals surface area contributed by atoms with E-state index in [2.05, 4.69) is 40.7 Å². The van der Waals surface area contributed by atoms with Crippen LogP contribution in [0.2, 0.25) is 0 Å².